The van der Waals surface area contributed by atoms with E-state index in [0.29, 0.717) is 23.1 Å². The summed E-state index contributed by atoms with van der Waals surface area (Å²) in [4.78, 5) is 29.1. The van der Waals surface area contributed by atoms with Crippen LogP contribution in [0.1, 0.15) is 55.4 Å². The standard InChI is InChI=1S/C30H26FNO3/c1-19-6-4-5-7-25(19)27(18-29(33)23-14-15-32-20(2)16-23)22-10-8-21(9-11-22)26-13-12-24(17-28(26)31)30(34)35-3/h4-17,27H,18H2,1-3H3. The van der Waals surface area contributed by atoms with Gasteiger partial charge in [-0.25, -0.2) is 9.18 Å². The minimum absolute atomic E-state index is 0.0391. The van der Waals surface area contributed by atoms with Gasteiger partial charge in [-0.2, -0.15) is 0 Å². The minimum Gasteiger partial charge on any atom is -0.465 e. The summed E-state index contributed by atoms with van der Waals surface area (Å²) in [6, 6.07) is 23.5. The number of carbonyl (C=O) groups excluding carboxylic acids is 2. The SMILES string of the molecule is COC(=O)c1ccc(-c2ccc(C(CC(=O)c3ccnc(C)c3)c3ccccc3C)cc2)c(F)c1. The molecule has 0 aliphatic heterocycles. The molecule has 5 heteroatoms. The van der Waals surface area contributed by atoms with Gasteiger partial charge in [0.15, 0.2) is 5.78 Å². The van der Waals surface area contributed by atoms with Gasteiger partial charge in [0, 0.05) is 35.4 Å². The summed E-state index contributed by atoms with van der Waals surface area (Å²) in [6.07, 6.45) is 1.95. The second-order valence-electron chi connectivity index (χ2n) is 8.53. The number of methoxy groups -OCH3 is 1. The highest BCUT2D eigenvalue weighted by molar-refractivity contribution is 5.97. The highest BCUT2D eigenvalue weighted by atomic mass is 19.1. The maximum Gasteiger partial charge on any atom is 0.337 e. The fraction of sp³-hybridized carbons (Fsp3) is 0.167. The van der Waals surface area contributed by atoms with Crippen molar-refractivity contribution in [2.45, 2.75) is 26.2 Å². The van der Waals surface area contributed by atoms with E-state index in [4.69, 9.17) is 0 Å². The van der Waals surface area contributed by atoms with Crippen LogP contribution in [0.25, 0.3) is 11.1 Å². The molecule has 0 saturated heterocycles. The van der Waals surface area contributed by atoms with Gasteiger partial charge in [-0.3, -0.25) is 9.78 Å². The lowest BCUT2D eigenvalue weighted by Gasteiger charge is -2.20. The van der Waals surface area contributed by atoms with Crippen LogP contribution < -0.4 is 0 Å². The molecule has 0 saturated carbocycles. The third-order valence-corrected chi connectivity index (χ3v) is 6.19. The number of ketones is 1. The smallest absolute Gasteiger partial charge is 0.337 e. The van der Waals surface area contributed by atoms with Gasteiger partial charge in [0.2, 0.25) is 0 Å². The molecule has 1 heterocycles. The molecule has 3 aromatic carbocycles. The summed E-state index contributed by atoms with van der Waals surface area (Å²) in [5, 5.41) is 0. The first-order valence-corrected chi connectivity index (χ1v) is 11.4. The van der Waals surface area contributed by atoms with Gasteiger partial charge in [0.25, 0.3) is 0 Å². The van der Waals surface area contributed by atoms with Gasteiger partial charge in [-0.15, -0.1) is 0 Å². The first-order valence-electron chi connectivity index (χ1n) is 11.4. The lowest BCUT2D eigenvalue weighted by molar-refractivity contribution is 0.0600. The van der Waals surface area contributed by atoms with Crippen LogP contribution in [-0.4, -0.2) is 23.8 Å². The Kier molecular flexibility index (Phi) is 7.16. The average molecular weight is 468 g/mol. The molecule has 0 radical (unpaired) electrons. The molecular formula is C30H26FNO3. The van der Waals surface area contributed by atoms with Crippen molar-refractivity contribution in [1.82, 2.24) is 4.98 Å². The molecule has 4 nitrogen and oxygen atoms in total. The number of halogens is 1. The average Bonchev–Trinajstić information content (AvgIpc) is 2.87. The molecule has 0 fully saturated rings. The number of hydrogen-bond acceptors (Lipinski definition) is 4. The molecule has 0 N–H and O–H groups in total. The van der Waals surface area contributed by atoms with Crippen molar-refractivity contribution in [3.8, 4) is 11.1 Å². The Morgan fingerprint density at radius 2 is 1.66 bits per heavy atom. The zero-order chi connectivity index (χ0) is 24.9. The molecule has 35 heavy (non-hydrogen) atoms. The maximum absolute atomic E-state index is 14.7. The van der Waals surface area contributed by atoms with Crippen molar-refractivity contribution < 1.29 is 18.7 Å². The second kappa shape index (κ2) is 10.4. The number of nitrogens with zero attached hydrogens (tertiary/aromatic N) is 1. The van der Waals surface area contributed by atoms with Gasteiger partial charge in [-0.1, -0.05) is 54.6 Å². The van der Waals surface area contributed by atoms with Crippen molar-refractivity contribution in [3.05, 3.63) is 124 Å². The summed E-state index contributed by atoms with van der Waals surface area (Å²) in [6.45, 7) is 3.90. The summed E-state index contributed by atoms with van der Waals surface area (Å²) < 4.78 is 19.4. The van der Waals surface area contributed by atoms with E-state index in [0.717, 1.165) is 22.4 Å². The van der Waals surface area contributed by atoms with E-state index in [1.807, 2.05) is 62.4 Å². The highest BCUT2D eigenvalue weighted by Gasteiger charge is 2.21. The van der Waals surface area contributed by atoms with E-state index < -0.39 is 11.8 Å². The van der Waals surface area contributed by atoms with Crippen LogP contribution in [0.2, 0.25) is 0 Å². The van der Waals surface area contributed by atoms with Gasteiger partial charge in [-0.05, 0) is 60.4 Å². The molecule has 0 bridgehead atoms. The zero-order valence-electron chi connectivity index (χ0n) is 19.9. The first kappa shape index (κ1) is 24.0. The van der Waals surface area contributed by atoms with Crippen LogP contribution in [-0.2, 0) is 4.74 Å². The second-order valence-corrected chi connectivity index (χ2v) is 8.53. The quantitative estimate of drug-likeness (QED) is 0.224. The van der Waals surface area contributed by atoms with Crippen molar-refractivity contribution in [1.29, 1.82) is 0 Å². The van der Waals surface area contributed by atoms with E-state index in [1.54, 1.807) is 30.5 Å². The van der Waals surface area contributed by atoms with Gasteiger partial charge in [0.1, 0.15) is 5.82 Å². The number of aromatic nitrogens is 1. The third kappa shape index (κ3) is 5.35. The van der Waals surface area contributed by atoms with Gasteiger partial charge >= 0.3 is 5.97 Å². The molecule has 1 aromatic heterocycles. The number of Topliss-reactive ketones (excluding diaryl/α,β-unsaturated/α-hetero) is 1. The van der Waals surface area contributed by atoms with E-state index in [2.05, 4.69) is 9.72 Å². The van der Waals surface area contributed by atoms with Crippen molar-refractivity contribution >= 4 is 11.8 Å². The molecule has 1 unspecified atom stereocenters. The number of carbonyl (C=O) groups is 2. The molecule has 0 amide bonds. The van der Waals surface area contributed by atoms with Crippen LogP contribution >= 0.6 is 0 Å². The van der Waals surface area contributed by atoms with Crippen LogP contribution in [0.3, 0.4) is 0 Å². The molecule has 4 aromatic rings. The normalized spacial score (nSPS) is 11.7. The lowest BCUT2D eigenvalue weighted by atomic mass is 9.83. The van der Waals surface area contributed by atoms with Crippen LogP contribution in [0.15, 0.2) is 85.1 Å². The van der Waals surface area contributed by atoms with Gasteiger partial charge < -0.3 is 4.74 Å². The number of rotatable bonds is 7. The molecule has 0 spiro atoms. The summed E-state index contributed by atoms with van der Waals surface area (Å²) in [5.74, 6) is -1.20. The minimum atomic E-state index is -0.582. The van der Waals surface area contributed by atoms with Crippen molar-refractivity contribution in [2.75, 3.05) is 7.11 Å². The first-order chi connectivity index (χ1) is 16.9. The Bertz CT molecular complexity index is 1380. The number of ether oxygens (including phenoxy) is 1. The van der Waals surface area contributed by atoms with Crippen LogP contribution in [0, 0.1) is 19.7 Å². The topological polar surface area (TPSA) is 56.3 Å². The number of benzene rings is 3. The number of aryl methyl sites for hydroxylation is 2. The largest absolute Gasteiger partial charge is 0.465 e. The Labute approximate surface area is 204 Å². The molecule has 4 rings (SSSR count). The number of esters is 1. The highest BCUT2D eigenvalue weighted by Crippen LogP contribution is 2.33. The van der Waals surface area contributed by atoms with E-state index in [-0.39, 0.29) is 17.3 Å². The Morgan fingerprint density at radius 3 is 2.31 bits per heavy atom. The zero-order valence-corrected chi connectivity index (χ0v) is 19.9. The Morgan fingerprint density at radius 1 is 0.914 bits per heavy atom. The number of hydrogen-bond donors (Lipinski definition) is 0. The fourth-order valence-corrected chi connectivity index (χ4v) is 4.30. The summed E-state index contributed by atoms with van der Waals surface area (Å²) in [7, 11) is 1.26. The summed E-state index contributed by atoms with van der Waals surface area (Å²) >= 11 is 0. The Balaban J connectivity index is 1.67. The molecule has 0 aliphatic carbocycles. The van der Waals surface area contributed by atoms with E-state index in [1.165, 1.54) is 13.2 Å². The van der Waals surface area contributed by atoms with E-state index in [9.17, 15) is 14.0 Å². The van der Waals surface area contributed by atoms with Crippen LogP contribution in [0.5, 0.6) is 0 Å². The third-order valence-electron chi connectivity index (χ3n) is 6.19. The van der Waals surface area contributed by atoms with Crippen molar-refractivity contribution in [2.24, 2.45) is 0 Å². The monoisotopic (exact) mass is 467 g/mol. The molecule has 176 valence electrons. The molecule has 0 aliphatic rings. The van der Waals surface area contributed by atoms with Crippen molar-refractivity contribution in [3.63, 3.8) is 0 Å². The Hall–Kier alpha value is -4.12. The van der Waals surface area contributed by atoms with Crippen LogP contribution in [0.4, 0.5) is 4.39 Å². The predicted molar refractivity (Wildman–Crippen MR) is 134 cm³/mol. The lowest BCUT2D eigenvalue weighted by Crippen LogP contribution is -2.11. The number of pyridine rings is 1. The molecule has 1 atom stereocenters. The molecular weight excluding hydrogens is 441 g/mol. The fourth-order valence-electron chi connectivity index (χ4n) is 4.30. The van der Waals surface area contributed by atoms with E-state index >= 15 is 0 Å². The predicted octanol–water partition coefficient (Wildman–Crippen LogP) is 6.70. The maximum atomic E-state index is 14.7. The summed E-state index contributed by atoms with van der Waals surface area (Å²) in [5.41, 5.74) is 5.82. The van der Waals surface area contributed by atoms with Gasteiger partial charge in [0.05, 0.1) is 12.7 Å².